The van der Waals surface area contributed by atoms with Crippen molar-refractivity contribution in [1.82, 2.24) is 9.88 Å². The maximum Gasteiger partial charge on any atom is 0.273 e. The minimum absolute atomic E-state index is 0.0743. The lowest BCUT2D eigenvalue weighted by atomic mass is 10.1. The Morgan fingerprint density at radius 1 is 1.26 bits per heavy atom. The van der Waals surface area contributed by atoms with Gasteiger partial charge in [-0.05, 0) is 17.7 Å². The number of carbonyl (C=O) groups excluding carboxylic acids is 2. The van der Waals surface area contributed by atoms with E-state index in [2.05, 4.69) is 4.98 Å². The maximum absolute atomic E-state index is 12.4. The van der Waals surface area contributed by atoms with Gasteiger partial charge in [0.25, 0.3) is 5.91 Å². The van der Waals surface area contributed by atoms with Crippen molar-refractivity contribution in [2.24, 2.45) is 0 Å². The van der Waals surface area contributed by atoms with E-state index in [0.717, 1.165) is 16.3 Å². The molecule has 0 radical (unpaired) electrons. The summed E-state index contributed by atoms with van der Waals surface area (Å²) in [5.74, 6) is 0.977. The molecule has 0 aliphatic carbocycles. The number of carbonyl (C=O) groups is 2. The molecule has 0 spiro atoms. The zero-order valence-electron chi connectivity index (χ0n) is 12.9. The van der Waals surface area contributed by atoms with Crippen LogP contribution in [0.2, 0.25) is 0 Å². The highest BCUT2D eigenvalue weighted by Gasteiger charge is 2.23. The lowest BCUT2D eigenvalue weighted by Crippen LogP contribution is -2.38. The largest absolute Gasteiger partial charge is 0.497 e. The van der Waals surface area contributed by atoms with E-state index >= 15 is 0 Å². The summed E-state index contributed by atoms with van der Waals surface area (Å²) in [6, 6.07) is 7.83. The Hall–Kier alpha value is -2.21. The molecular formula is C17H18N2O3S. The van der Waals surface area contributed by atoms with E-state index in [0.29, 0.717) is 38.0 Å². The highest BCUT2D eigenvalue weighted by molar-refractivity contribution is 7.09. The first-order valence-corrected chi connectivity index (χ1v) is 8.42. The number of Topliss-reactive ketones (excluding diaryl/α,β-unsaturated/α-hetero) is 1. The minimum atomic E-state index is -0.0743. The number of thiazole rings is 1. The Labute approximate surface area is 138 Å². The van der Waals surface area contributed by atoms with E-state index in [9.17, 15) is 9.59 Å². The van der Waals surface area contributed by atoms with Gasteiger partial charge in [0.2, 0.25) is 0 Å². The molecule has 1 aliphatic heterocycles. The fourth-order valence-corrected chi connectivity index (χ4v) is 3.33. The molecule has 1 aromatic heterocycles. The number of methoxy groups -OCH3 is 1. The van der Waals surface area contributed by atoms with Crippen molar-refractivity contribution in [3.05, 3.63) is 45.9 Å². The predicted molar refractivity (Wildman–Crippen MR) is 88.1 cm³/mol. The third kappa shape index (κ3) is 3.76. The summed E-state index contributed by atoms with van der Waals surface area (Å²) >= 11 is 1.49. The molecule has 120 valence electrons. The predicted octanol–water partition coefficient (Wildman–Crippen LogP) is 2.55. The second kappa shape index (κ2) is 6.91. The van der Waals surface area contributed by atoms with Gasteiger partial charge >= 0.3 is 0 Å². The Bertz CT molecular complexity index is 699. The van der Waals surface area contributed by atoms with Crippen molar-refractivity contribution in [3.8, 4) is 5.75 Å². The molecule has 0 saturated carbocycles. The van der Waals surface area contributed by atoms with Gasteiger partial charge in [-0.15, -0.1) is 11.3 Å². The zero-order valence-corrected chi connectivity index (χ0v) is 13.8. The van der Waals surface area contributed by atoms with Crippen LogP contribution in [0, 0.1) is 0 Å². The van der Waals surface area contributed by atoms with E-state index in [1.807, 2.05) is 24.3 Å². The molecule has 1 fully saturated rings. The lowest BCUT2D eigenvalue weighted by molar-refractivity contribution is -0.120. The molecule has 2 aromatic rings. The smallest absolute Gasteiger partial charge is 0.273 e. The number of rotatable bonds is 4. The Balaban J connectivity index is 1.65. The lowest BCUT2D eigenvalue weighted by Gasteiger charge is -2.25. The Kier molecular flexibility index (Phi) is 4.71. The van der Waals surface area contributed by atoms with Crippen LogP contribution in [-0.2, 0) is 11.2 Å². The van der Waals surface area contributed by atoms with Gasteiger partial charge in [0.05, 0.1) is 12.1 Å². The second-order valence-electron chi connectivity index (χ2n) is 5.48. The van der Waals surface area contributed by atoms with Gasteiger partial charge in [-0.3, -0.25) is 9.59 Å². The average molecular weight is 330 g/mol. The molecule has 0 atom stereocenters. The standard InChI is InChI=1S/C17H18N2O3S/c1-22-14-4-2-12(3-5-14)10-16-18-15(11-23-16)17(21)19-8-6-13(20)7-9-19/h2-5,11H,6-10H2,1H3. The van der Waals surface area contributed by atoms with Gasteiger partial charge in [0.15, 0.2) is 0 Å². The Morgan fingerprint density at radius 2 is 1.96 bits per heavy atom. The summed E-state index contributed by atoms with van der Waals surface area (Å²) in [6.07, 6.45) is 1.60. The van der Waals surface area contributed by atoms with Crippen LogP contribution in [0.5, 0.6) is 5.75 Å². The van der Waals surface area contributed by atoms with Crippen LogP contribution >= 0.6 is 11.3 Å². The Morgan fingerprint density at radius 3 is 2.61 bits per heavy atom. The molecule has 2 heterocycles. The summed E-state index contributed by atoms with van der Waals surface area (Å²) in [6.45, 7) is 1.01. The number of likely N-dealkylation sites (tertiary alicyclic amines) is 1. The molecule has 3 rings (SSSR count). The maximum atomic E-state index is 12.4. The average Bonchev–Trinajstić information content (AvgIpc) is 3.04. The van der Waals surface area contributed by atoms with E-state index in [1.54, 1.807) is 17.4 Å². The number of aromatic nitrogens is 1. The SMILES string of the molecule is COc1ccc(Cc2nc(C(=O)N3CCC(=O)CC3)cs2)cc1. The van der Waals surface area contributed by atoms with Gasteiger partial charge in [0.1, 0.15) is 17.2 Å². The fourth-order valence-electron chi connectivity index (χ4n) is 2.53. The molecule has 23 heavy (non-hydrogen) atoms. The van der Waals surface area contributed by atoms with Crippen LogP contribution in [0.1, 0.15) is 33.9 Å². The van der Waals surface area contributed by atoms with Crippen molar-refractivity contribution in [1.29, 1.82) is 0 Å². The van der Waals surface area contributed by atoms with E-state index in [4.69, 9.17) is 4.74 Å². The number of hydrogen-bond acceptors (Lipinski definition) is 5. The van der Waals surface area contributed by atoms with Crippen LogP contribution in [-0.4, -0.2) is 41.8 Å². The molecule has 1 aromatic carbocycles. The molecule has 6 heteroatoms. The number of amides is 1. The molecule has 0 unspecified atom stereocenters. The molecule has 5 nitrogen and oxygen atoms in total. The topological polar surface area (TPSA) is 59.5 Å². The summed E-state index contributed by atoms with van der Waals surface area (Å²) in [5.41, 5.74) is 1.61. The number of ketones is 1. The molecule has 0 N–H and O–H groups in total. The van der Waals surface area contributed by atoms with Crippen LogP contribution in [0.25, 0.3) is 0 Å². The minimum Gasteiger partial charge on any atom is -0.497 e. The summed E-state index contributed by atoms with van der Waals surface area (Å²) in [7, 11) is 1.64. The summed E-state index contributed by atoms with van der Waals surface area (Å²) < 4.78 is 5.14. The van der Waals surface area contributed by atoms with E-state index < -0.39 is 0 Å². The normalized spacial score (nSPS) is 14.8. The van der Waals surface area contributed by atoms with Crippen molar-refractivity contribution in [2.45, 2.75) is 19.3 Å². The molecule has 1 amide bonds. The van der Waals surface area contributed by atoms with Crippen molar-refractivity contribution < 1.29 is 14.3 Å². The molecule has 1 aliphatic rings. The number of hydrogen-bond donors (Lipinski definition) is 0. The van der Waals surface area contributed by atoms with Crippen LogP contribution in [0.15, 0.2) is 29.6 Å². The van der Waals surface area contributed by atoms with Gasteiger partial charge in [-0.2, -0.15) is 0 Å². The first-order chi connectivity index (χ1) is 11.2. The number of ether oxygens (including phenoxy) is 1. The molecular weight excluding hydrogens is 312 g/mol. The number of nitrogens with zero attached hydrogens (tertiary/aromatic N) is 2. The monoisotopic (exact) mass is 330 g/mol. The molecule has 1 saturated heterocycles. The van der Waals surface area contributed by atoms with Crippen LogP contribution in [0.4, 0.5) is 0 Å². The fraction of sp³-hybridized carbons (Fsp3) is 0.353. The molecule has 0 bridgehead atoms. The van der Waals surface area contributed by atoms with Crippen molar-refractivity contribution in [2.75, 3.05) is 20.2 Å². The third-order valence-corrected chi connectivity index (χ3v) is 4.74. The number of piperidine rings is 1. The van der Waals surface area contributed by atoms with E-state index in [1.165, 1.54) is 11.3 Å². The van der Waals surface area contributed by atoms with Gasteiger partial charge in [0, 0.05) is 37.7 Å². The van der Waals surface area contributed by atoms with Crippen LogP contribution < -0.4 is 4.74 Å². The van der Waals surface area contributed by atoms with Crippen molar-refractivity contribution >= 4 is 23.0 Å². The number of benzene rings is 1. The second-order valence-corrected chi connectivity index (χ2v) is 6.42. The summed E-state index contributed by atoms with van der Waals surface area (Å²) in [5, 5.41) is 2.71. The highest BCUT2D eigenvalue weighted by atomic mass is 32.1. The zero-order chi connectivity index (χ0) is 16.2. The summed E-state index contributed by atoms with van der Waals surface area (Å²) in [4.78, 5) is 29.8. The van der Waals surface area contributed by atoms with Gasteiger partial charge in [-0.1, -0.05) is 12.1 Å². The first kappa shape index (κ1) is 15.7. The highest BCUT2D eigenvalue weighted by Crippen LogP contribution is 2.19. The van der Waals surface area contributed by atoms with Gasteiger partial charge < -0.3 is 9.64 Å². The van der Waals surface area contributed by atoms with Crippen LogP contribution in [0.3, 0.4) is 0 Å². The van der Waals surface area contributed by atoms with Crippen molar-refractivity contribution in [3.63, 3.8) is 0 Å². The first-order valence-electron chi connectivity index (χ1n) is 7.54. The quantitative estimate of drug-likeness (QED) is 0.864. The van der Waals surface area contributed by atoms with Gasteiger partial charge in [-0.25, -0.2) is 4.98 Å². The third-order valence-electron chi connectivity index (χ3n) is 3.89. The van der Waals surface area contributed by atoms with E-state index in [-0.39, 0.29) is 11.7 Å².